The third-order valence-corrected chi connectivity index (χ3v) is 7.81. The number of hydrogen-bond donors (Lipinski definition) is 5. The molecule has 2 aliphatic carbocycles. The highest BCUT2D eigenvalue weighted by Gasteiger charge is 2.39. The summed E-state index contributed by atoms with van der Waals surface area (Å²) in [5, 5.41) is 13.2. The summed E-state index contributed by atoms with van der Waals surface area (Å²) in [7, 11) is 0. The number of aromatic nitrogens is 3. The van der Waals surface area contributed by atoms with E-state index in [0.29, 0.717) is 88.0 Å². The Morgan fingerprint density at radius 2 is 1.45 bits per heavy atom. The fraction of sp³-hybridized carbons (Fsp3) is 0.484. The van der Waals surface area contributed by atoms with Crippen molar-refractivity contribution in [3.8, 4) is 0 Å². The quantitative estimate of drug-likeness (QED) is 0.152. The number of hydrogen-bond acceptors (Lipinski definition) is 10. The fourth-order valence-corrected chi connectivity index (χ4v) is 5.66. The van der Waals surface area contributed by atoms with Crippen molar-refractivity contribution in [1.29, 1.82) is 0 Å². The maximum atomic E-state index is 12.5. The number of carbonyl (C=O) groups excluding carboxylic acids is 1. The van der Waals surface area contributed by atoms with Gasteiger partial charge in [-0.05, 0) is 54.4 Å². The van der Waals surface area contributed by atoms with Crippen LogP contribution in [0.5, 0.6) is 0 Å². The summed E-state index contributed by atoms with van der Waals surface area (Å²) in [6.07, 6.45) is 5.12. The van der Waals surface area contributed by atoms with Gasteiger partial charge in [-0.1, -0.05) is 48.9 Å². The number of nitrogens with zero attached hydrogens (tertiary/aromatic N) is 3. The fourth-order valence-electron chi connectivity index (χ4n) is 5.66. The highest BCUT2D eigenvalue weighted by Crippen LogP contribution is 2.45. The van der Waals surface area contributed by atoms with Gasteiger partial charge in [-0.25, -0.2) is 0 Å². The van der Waals surface area contributed by atoms with Crippen LogP contribution >= 0.6 is 0 Å². The number of nitrogens with one attached hydrogen (secondary N) is 4. The van der Waals surface area contributed by atoms with Crippen LogP contribution in [0.3, 0.4) is 0 Å². The van der Waals surface area contributed by atoms with Crippen LogP contribution in [0.4, 0.5) is 17.8 Å². The number of carbonyl (C=O) groups is 1. The second-order valence-corrected chi connectivity index (χ2v) is 10.9. The molecule has 0 saturated heterocycles. The summed E-state index contributed by atoms with van der Waals surface area (Å²) in [5.74, 6) is 3.02. The molecule has 2 bridgehead atoms. The molecule has 3 aromatic rings. The molecule has 0 aliphatic heterocycles. The first kappa shape index (κ1) is 29.7. The predicted octanol–water partition coefficient (Wildman–Crippen LogP) is 3.42. The Kier molecular flexibility index (Phi) is 10.9. The number of amides is 1. The molecule has 11 heteroatoms. The summed E-state index contributed by atoms with van der Waals surface area (Å²) < 4.78 is 10.7. The molecule has 3 unspecified atom stereocenters. The van der Waals surface area contributed by atoms with Crippen LogP contribution in [-0.4, -0.2) is 66.4 Å². The second-order valence-electron chi connectivity index (χ2n) is 10.9. The minimum atomic E-state index is -0.138. The lowest BCUT2D eigenvalue weighted by Gasteiger charge is -2.23. The van der Waals surface area contributed by atoms with Gasteiger partial charge < -0.3 is 36.5 Å². The third-order valence-electron chi connectivity index (χ3n) is 7.81. The maximum Gasteiger partial charge on any atom is 0.251 e. The predicted molar refractivity (Wildman–Crippen MR) is 163 cm³/mol. The van der Waals surface area contributed by atoms with Crippen molar-refractivity contribution in [2.75, 3.05) is 55.5 Å². The average molecular weight is 575 g/mol. The normalized spacial score (nSPS) is 19.0. The molecule has 2 fully saturated rings. The van der Waals surface area contributed by atoms with E-state index in [-0.39, 0.29) is 5.91 Å². The van der Waals surface area contributed by atoms with Gasteiger partial charge in [0.05, 0.1) is 26.4 Å². The first-order valence-electron chi connectivity index (χ1n) is 14.9. The summed E-state index contributed by atoms with van der Waals surface area (Å²) in [6.45, 7) is 3.97. The smallest absolute Gasteiger partial charge is 0.251 e. The Balaban J connectivity index is 1.13. The van der Waals surface area contributed by atoms with Crippen LogP contribution in [-0.2, 0) is 22.6 Å². The van der Waals surface area contributed by atoms with E-state index in [4.69, 9.17) is 20.2 Å². The van der Waals surface area contributed by atoms with E-state index in [1.54, 1.807) is 0 Å². The molecule has 224 valence electrons. The molecule has 5 rings (SSSR count). The zero-order valence-corrected chi connectivity index (χ0v) is 24.1. The minimum absolute atomic E-state index is 0.138. The lowest BCUT2D eigenvalue weighted by molar-refractivity contribution is 0.0511. The molecule has 2 saturated carbocycles. The summed E-state index contributed by atoms with van der Waals surface area (Å²) >= 11 is 0. The van der Waals surface area contributed by atoms with Crippen LogP contribution in [0.25, 0.3) is 0 Å². The number of nitrogens with two attached hydrogens (primary N) is 1. The molecule has 2 aromatic carbocycles. The molecular formula is C31H42N8O3. The third kappa shape index (κ3) is 8.85. The van der Waals surface area contributed by atoms with Gasteiger partial charge in [-0.15, -0.1) is 0 Å². The van der Waals surface area contributed by atoms with Gasteiger partial charge in [0.25, 0.3) is 5.91 Å². The molecule has 2 aliphatic rings. The Bertz CT molecular complexity index is 1260. The van der Waals surface area contributed by atoms with Gasteiger partial charge in [-0.2, -0.15) is 15.0 Å². The molecule has 1 heterocycles. The van der Waals surface area contributed by atoms with E-state index in [1.807, 2.05) is 42.5 Å². The molecule has 0 spiro atoms. The number of fused-ring (bicyclic) bond motifs is 2. The zero-order chi connectivity index (χ0) is 29.0. The number of rotatable bonds is 17. The molecule has 3 atom stereocenters. The van der Waals surface area contributed by atoms with Crippen molar-refractivity contribution in [2.24, 2.45) is 17.6 Å². The lowest BCUT2D eigenvalue weighted by Crippen LogP contribution is -2.27. The van der Waals surface area contributed by atoms with Crippen LogP contribution < -0.4 is 27.0 Å². The van der Waals surface area contributed by atoms with E-state index in [2.05, 4.69) is 43.4 Å². The van der Waals surface area contributed by atoms with Gasteiger partial charge in [0.2, 0.25) is 17.8 Å². The van der Waals surface area contributed by atoms with E-state index in [1.165, 1.54) is 25.7 Å². The van der Waals surface area contributed by atoms with Crippen molar-refractivity contribution < 1.29 is 14.3 Å². The van der Waals surface area contributed by atoms with Gasteiger partial charge in [0, 0.05) is 37.8 Å². The first-order valence-corrected chi connectivity index (χ1v) is 14.9. The van der Waals surface area contributed by atoms with Crippen molar-refractivity contribution >= 4 is 23.8 Å². The number of anilines is 3. The highest BCUT2D eigenvalue weighted by atomic mass is 16.5. The van der Waals surface area contributed by atoms with E-state index in [0.717, 1.165) is 17.0 Å². The van der Waals surface area contributed by atoms with Crippen LogP contribution in [0.1, 0.15) is 47.2 Å². The van der Waals surface area contributed by atoms with Gasteiger partial charge >= 0.3 is 0 Å². The Morgan fingerprint density at radius 3 is 2.10 bits per heavy atom. The van der Waals surface area contributed by atoms with Gasteiger partial charge in [0.1, 0.15) is 0 Å². The molecule has 1 amide bonds. The van der Waals surface area contributed by atoms with Crippen LogP contribution in [0, 0.1) is 11.8 Å². The minimum Gasteiger partial charge on any atom is -0.378 e. The number of ether oxygens (including phenoxy) is 2. The largest absolute Gasteiger partial charge is 0.378 e. The molecule has 0 radical (unpaired) electrons. The maximum absolute atomic E-state index is 12.5. The molecule has 42 heavy (non-hydrogen) atoms. The standard InChI is InChI=1S/C31H42N8O3/c32-12-14-41-16-17-42-15-13-33-28(40)25-9-6-23(7-10-25)21-35-30-37-29(34-20-22-4-2-1-3-5-22)38-31(39-30)36-27-19-24-8-11-26(27)18-24/h1-7,9-10,24,26-27H,8,11-21,32H2,(H,33,40)(H3,34,35,36,37,38,39). The van der Waals surface area contributed by atoms with Gasteiger partial charge in [0.15, 0.2) is 0 Å². The lowest BCUT2D eigenvalue weighted by atomic mass is 9.95. The SMILES string of the molecule is NCCOCCOCCNC(=O)c1ccc(CNc2nc(NCc3ccccc3)nc(NC3CC4CCC3C4)n2)cc1. The van der Waals surface area contributed by atoms with Crippen LogP contribution in [0.15, 0.2) is 54.6 Å². The number of benzene rings is 2. The second kappa shape index (κ2) is 15.4. The van der Waals surface area contributed by atoms with Crippen molar-refractivity contribution in [3.63, 3.8) is 0 Å². The average Bonchev–Trinajstić information content (AvgIpc) is 3.65. The van der Waals surface area contributed by atoms with E-state index < -0.39 is 0 Å². The summed E-state index contributed by atoms with van der Waals surface area (Å²) in [4.78, 5) is 26.5. The Hall–Kier alpha value is -3.80. The summed E-state index contributed by atoms with van der Waals surface area (Å²) in [5.41, 5.74) is 8.13. The van der Waals surface area contributed by atoms with Crippen molar-refractivity contribution in [3.05, 3.63) is 71.3 Å². The monoisotopic (exact) mass is 574 g/mol. The van der Waals surface area contributed by atoms with E-state index in [9.17, 15) is 4.79 Å². The first-order chi connectivity index (χ1) is 20.7. The van der Waals surface area contributed by atoms with Crippen molar-refractivity contribution in [1.82, 2.24) is 20.3 Å². The molecular weight excluding hydrogens is 532 g/mol. The Morgan fingerprint density at radius 1 is 0.786 bits per heavy atom. The topological polar surface area (TPSA) is 148 Å². The van der Waals surface area contributed by atoms with E-state index >= 15 is 0 Å². The summed E-state index contributed by atoms with van der Waals surface area (Å²) in [6, 6.07) is 18.1. The van der Waals surface area contributed by atoms with Crippen molar-refractivity contribution in [2.45, 2.75) is 44.8 Å². The molecule has 11 nitrogen and oxygen atoms in total. The Labute approximate surface area is 247 Å². The highest BCUT2D eigenvalue weighted by molar-refractivity contribution is 5.94. The van der Waals surface area contributed by atoms with Crippen LogP contribution in [0.2, 0.25) is 0 Å². The molecule has 6 N–H and O–H groups in total. The van der Waals surface area contributed by atoms with Gasteiger partial charge in [-0.3, -0.25) is 4.79 Å². The zero-order valence-electron chi connectivity index (χ0n) is 24.1. The molecule has 1 aromatic heterocycles.